The molecule has 0 bridgehead atoms. The number of aromatic amines is 1. The van der Waals surface area contributed by atoms with Crippen LogP contribution < -0.4 is 5.56 Å². The summed E-state index contributed by atoms with van der Waals surface area (Å²) in [4.78, 5) is 29.0. The lowest BCUT2D eigenvalue weighted by Gasteiger charge is -2.43. The highest BCUT2D eigenvalue weighted by atomic mass is 16.3. The highest BCUT2D eigenvalue weighted by molar-refractivity contribution is 5.94. The highest BCUT2D eigenvalue weighted by Crippen LogP contribution is 2.44. The van der Waals surface area contributed by atoms with E-state index in [2.05, 4.69) is 17.1 Å². The quantitative estimate of drug-likeness (QED) is 0.831. The maximum absolute atomic E-state index is 12.7. The van der Waals surface area contributed by atoms with Crippen LogP contribution in [-0.4, -0.2) is 40.1 Å². The molecule has 1 aliphatic carbocycles. The zero-order valence-electron chi connectivity index (χ0n) is 14.3. The van der Waals surface area contributed by atoms with Gasteiger partial charge >= 0.3 is 0 Å². The first kappa shape index (κ1) is 16.1. The van der Waals surface area contributed by atoms with Crippen LogP contribution in [-0.2, 0) is 12.8 Å². The van der Waals surface area contributed by atoms with E-state index in [1.807, 2.05) is 12.1 Å². The molecule has 1 aromatic carbocycles. The second-order valence-corrected chi connectivity index (χ2v) is 7.39. The topological polar surface area (TPSA) is 73.4 Å². The number of H-pyrrole nitrogens is 1. The summed E-state index contributed by atoms with van der Waals surface area (Å²) >= 11 is 0. The highest BCUT2D eigenvalue weighted by Gasteiger charge is 2.47. The van der Waals surface area contributed by atoms with E-state index in [0.29, 0.717) is 6.54 Å². The number of nitrogens with zero attached hydrogens (tertiary/aromatic N) is 1. The minimum Gasteiger partial charge on any atom is -0.391 e. The summed E-state index contributed by atoms with van der Waals surface area (Å²) in [6, 6.07) is 11.6. The van der Waals surface area contributed by atoms with Crippen LogP contribution in [0.1, 0.15) is 33.6 Å². The molecule has 2 aromatic rings. The number of piperidine rings is 1. The Labute approximate surface area is 146 Å². The number of nitrogens with one attached hydrogen (secondary N) is 1. The van der Waals surface area contributed by atoms with Gasteiger partial charge in [-0.05, 0) is 49.4 Å². The van der Waals surface area contributed by atoms with E-state index in [4.69, 9.17) is 0 Å². The molecule has 2 N–H and O–H groups in total. The molecule has 2 aliphatic rings. The normalized spacial score (nSPS) is 21.4. The smallest absolute Gasteiger partial charge is 0.260 e. The van der Waals surface area contributed by atoms with Gasteiger partial charge < -0.3 is 15.0 Å². The van der Waals surface area contributed by atoms with E-state index < -0.39 is 6.10 Å². The Morgan fingerprint density at radius 1 is 1.20 bits per heavy atom. The van der Waals surface area contributed by atoms with Crippen LogP contribution in [0.15, 0.2) is 41.2 Å². The number of hydrogen-bond acceptors (Lipinski definition) is 3. The van der Waals surface area contributed by atoms with Crippen molar-refractivity contribution in [1.82, 2.24) is 9.88 Å². The number of aliphatic hydroxyl groups excluding tert-OH is 1. The summed E-state index contributed by atoms with van der Waals surface area (Å²) in [7, 11) is 0. The van der Waals surface area contributed by atoms with Gasteiger partial charge in [0, 0.05) is 24.2 Å². The molecule has 4 rings (SSSR count). The Bertz CT molecular complexity index is 862. The number of fused-ring (bicyclic) bond motifs is 1. The molecule has 1 atom stereocenters. The van der Waals surface area contributed by atoms with E-state index in [1.165, 1.54) is 11.1 Å². The number of carbonyl (C=O) groups excluding carboxylic acids is 1. The number of hydrogen-bond donors (Lipinski definition) is 2. The van der Waals surface area contributed by atoms with Crippen molar-refractivity contribution in [2.45, 2.75) is 32.3 Å². The van der Waals surface area contributed by atoms with Gasteiger partial charge in [0.1, 0.15) is 5.56 Å². The lowest BCUT2D eigenvalue weighted by atomic mass is 9.73. The number of likely N-dealkylation sites (tertiary alicyclic amines) is 1. The average Bonchev–Trinajstić information content (AvgIpc) is 2.96. The maximum Gasteiger partial charge on any atom is 0.260 e. The van der Waals surface area contributed by atoms with Crippen LogP contribution in [0.25, 0.3) is 0 Å². The van der Waals surface area contributed by atoms with Crippen LogP contribution in [0.3, 0.4) is 0 Å². The van der Waals surface area contributed by atoms with Crippen LogP contribution in [0.5, 0.6) is 0 Å². The lowest BCUT2D eigenvalue weighted by Crippen LogP contribution is -2.53. The monoisotopic (exact) mass is 338 g/mol. The molecular weight excluding hydrogens is 316 g/mol. The van der Waals surface area contributed by atoms with Gasteiger partial charge in [-0.25, -0.2) is 0 Å². The number of aromatic nitrogens is 1. The van der Waals surface area contributed by atoms with Crippen LogP contribution in [0, 0.1) is 12.3 Å². The van der Waals surface area contributed by atoms with Gasteiger partial charge in [-0.15, -0.1) is 0 Å². The molecule has 1 fully saturated rings. The molecule has 0 radical (unpaired) electrons. The minimum atomic E-state index is -0.581. The summed E-state index contributed by atoms with van der Waals surface area (Å²) in [5.74, 6) is -0.300. The first-order valence-electron chi connectivity index (χ1n) is 8.73. The van der Waals surface area contributed by atoms with Crippen molar-refractivity contribution < 1.29 is 9.90 Å². The Balaban J connectivity index is 1.52. The molecule has 130 valence electrons. The zero-order valence-corrected chi connectivity index (χ0v) is 14.3. The molecule has 1 spiro atoms. The molecular formula is C20H22N2O3. The van der Waals surface area contributed by atoms with Gasteiger partial charge in [0.05, 0.1) is 6.10 Å². The van der Waals surface area contributed by atoms with Crippen molar-refractivity contribution in [3.05, 3.63) is 69.1 Å². The number of benzene rings is 1. The van der Waals surface area contributed by atoms with Gasteiger partial charge in [-0.1, -0.05) is 24.3 Å². The molecule has 5 nitrogen and oxygen atoms in total. The average molecular weight is 338 g/mol. The first-order chi connectivity index (χ1) is 12.0. The van der Waals surface area contributed by atoms with Crippen LogP contribution >= 0.6 is 0 Å². The number of amides is 1. The standard InChI is InChI=1S/C20H22N2O3/c1-13-6-7-16(18(24)21-13)19(25)22-9-8-20(17(23)12-22)10-14-4-2-3-5-15(14)11-20/h2-7,17,23H,8-12H2,1H3,(H,21,24). The summed E-state index contributed by atoms with van der Waals surface area (Å²) < 4.78 is 0. The van der Waals surface area contributed by atoms with Crippen molar-refractivity contribution in [2.24, 2.45) is 5.41 Å². The van der Waals surface area contributed by atoms with Crippen LogP contribution in [0.4, 0.5) is 0 Å². The largest absolute Gasteiger partial charge is 0.391 e. The van der Waals surface area contributed by atoms with Gasteiger partial charge in [-0.2, -0.15) is 0 Å². The second kappa shape index (κ2) is 5.85. The molecule has 1 aromatic heterocycles. The molecule has 1 aliphatic heterocycles. The molecule has 0 saturated carbocycles. The third-order valence-electron chi connectivity index (χ3n) is 5.76. The molecule has 1 amide bonds. The van der Waals surface area contributed by atoms with Crippen molar-refractivity contribution in [1.29, 1.82) is 0 Å². The Hall–Kier alpha value is -2.40. The van der Waals surface area contributed by atoms with Crippen molar-refractivity contribution >= 4 is 5.91 Å². The second-order valence-electron chi connectivity index (χ2n) is 7.39. The van der Waals surface area contributed by atoms with E-state index in [-0.39, 0.29) is 29.0 Å². The van der Waals surface area contributed by atoms with E-state index in [0.717, 1.165) is 25.0 Å². The SMILES string of the molecule is Cc1ccc(C(=O)N2CCC3(Cc4ccccc4C3)C(O)C2)c(=O)[nH]1. The fraction of sp³-hybridized carbons (Fsp3) is 0.400. The summed E-state index contributed by atoms with van der Waals surface area (Å²) in [6.45, 7) is 2.62. The number of carbonyl (C=O) groups is 1. The van der Waals surface area contributed by atoms with Crippen molar-refractivity contribution in [2.75, 3.05) is 13.1 Å². The lowest BCUT2D eigenvalue weighted by molar-refractivity contribution is -0.0334. The number of β-amino-alcohol motifs (C(OH)–C–C–N with tert-alkyl or cyclic N) is 1. The molecule has 25 heavy (non-hydrogen) atoms. The van der Waals surface area contributed by atoms with Gasteiger partial charge in [0.15, 0.2) is 0 Å². The minimum absolute atomic E-state index is 0.142. The van der Waals surface area contributed by atoms with E-state index in [9.17, 15) is 14.7 Å². The van der Waals surface area contributed by atoms with Crippen molar-refractivity contribution in [3.63, 3.8) is 0 Å². The number of aryl methyl sites for hydroxylation is 1. The van der Waals surface area contributed by atoms with E-state index >= 15 is 0 Å². The number of pyridine rings is 1. The molecule has 1 saturated heterocycles. The summed E-state index contributed by atoms with van der Waals surface area (Å²) in [5, 5.41) is 10.8. The molecule has 5 heteroatoms. The zero-order chi connectivity index (χ0) is 17.6. The summed E-state index contributed by atoms with van der Waals surface area (Å²) in [6.07, 6.45) is 1.88. The fourth-order valence-corrected chi connectivity index (χ4v) is 4.25. The maximum atomic E-state index is 12.7. The Morgan fingerprint density at radius 3 is 2.48 bits per heavy atom. The van der Waals surface area contributed by atoms with Crippen LogP contribution in [0.2, 0.25) is 0 Å². The Kier molecular flexibility index (Phi) is 3.76. The summed E-state index contributed by atoms with van der Waals surface area (Å²) in [5.41, 5.74) is 2.92. The van der Waals surface area contributed by atoms with E-state index in [1.54, 1.807) is 24.0 Å². The number of aliphatic hydroxyl groups is 1. The third-order valence-corrected chi connectivity index (χ3v) is 5.76. The first-order valence-corrected chi connectivity index (χ1v) is 8.73. The van der Waals surface area contributed by atoms with Crippen molar-refractivity contribution in [3.8, 4) is 0 Å². The molecule has 2 heterocycles. The fourth-order valence-electron chi connectivity index (χ4n) is 4.25. The third kappa shape index (κ3) is 2.68. The predicted molar refractivity (Wildman–Crippen MR) is 94.6 cm³/mol. The predicted octanol–water partition coefficient (Wildman–Crippen LogP) is 1.68. The molecule has 1 unspecified atom stereocenters. The Morgan fingerprint density at radius 2 is 1.88 bits per heavy atom. The number of rotatable bonds is 1. The van der Waals surface area contributed by atoms with Gasteiger partial charge in [-0.3, -0.25) is 9.59 Å². The van der Waals surface area contributed by atoms with Gasteiger partial charge in [0.2, 0.25) is 0 Å². The van der Waals surface area contributed by atoms with Gasteiger partial charge in [0.25, 0.3) is 11.5 Å².